The summed E-state index contributed by atoms with van der Waals surface area (Å²) in [5.74, 6) is 1.81. The molecule has 10 nitrogen and oxygen atoms in total. The van der Waals surface area contributed by atoms with Crippen molar-refractivity contribution in [1.82, 2.24) is 19.5 Å². The molecule has 1 fully saturated rings. The van der Waals surface area contributed by atoms with E-state index in [9.17, 15) is 4.79 Å². The molecule has 0 radical (unpaired) electrons. The van der Waals surface area contributed by atoms with E-state index in [4.69, 9.17) is 18.9 Å². The second-order valence-corrected chi connectivity index (χ2v) is 7.51. The van der Waals surface area contributed by atoms with Gasteiger partial charge in [0.2, 0.25) is 6.79 Å². The second-order valence-electron chi connectivity index (χ2n) is 7.51. The van der Waals surface area contributed by atoms with Crippen LogP contribution >= 0.6 is 0 Å². The standard InChI is InChI=1S/C21H23N5O5/c1-3-14-17(30-12(2)27)7-18(31-14)26-10-25-19-20(23-9-24-21(19)26)22-8-13-4-5-15-16(6-13)29-11-28-15/h4-6,9-10,14,17-18H,3,7-8,11H2,1-2H3,(H,22,23,24)/t14-,17-,18-/m1/s1. The topological polar surface area (TPSA) is 110 Å². The van der Waals surface area contributed by atoms with Crippen molar-refractivity contribution in [3.8, 4) is 11.5 Å². The maximum atomic E-state index is 11.4. The molecule has 0 bridgehead atoms. The fourth-order valence-electron chi connectivity index (χ4n) is 4.00. The normalized spacial score (nSPS) is 22.1. The molecule has 4 heterocycles. The molecule has 31 heavy (non-hydrogen) atoms. The molecule has 3 atom stereocenters. The van der Waals surface area contributed by atoms with Crippen LogP contribution in [-0.4, -0.2) is 44.5 Å². The third kappa shape index (κ3) is 3.74. The van der Waals surface area contributed by atoms with E-state index in [-0.39, 0.29) is 31.2 Å². The lowest BCUT2D eigenvalue weighted by molar-refractivity contribution is -0.149. The van der Waals surface area contributed by atoms with Crippen LogP contribution in [0.5, 0.6) is 11.5 Å². The molecular weight excluding hydrogens is 402 g/mol. The molecule has 5 rings (SSSR count). The summed E-state index contributed by atoms with van der Waals surface area (Å²) < 4.78 is 24.2. The maximum Gasteiger partial charge on any atom is 0.302 e. The first-order valence-electron chi connectivity index (χ1n) is 10.2. The lowest BCUT2D eigenvalue weighted by atomic mass is 10.1. The van der Waals surface area contributed by atoms with Crippen molar-refractivity contribution >= 4 is 23.0 Å². The number of imidazole rings is 1. The fourth-order valence-corrected chi connectivity index (χ4v) is 4.00. The van der Waals surface area contributed by atoms with Crippen molar-refractivity contribution in [3.63, 3.8) is 0 Å². The zero-order valence-corrected chi connectivity index (χ0v) is 17.3. The largest absolute Gasteiger partial charge is 0.460 e. The van der Waals surface area contributed by atoms with Gasteiger partial charge in [-0.1, -0.05) is 13.0 Å². The number of carbonyl (C=O) groups is 1. The zero-order chi connectivity index (χ0) is 21.4. The number of ether oxygens (including phenoxy) is 4. The van der Waals surface area contributed by atoms with Crippen LogP contribution in [0.1, 0.15) is 38.5 Å². The minimum Gasteiger partial charge on any atom is -0.460 e. The van der Waals surface area contributed by atoms with E-state index in [1.807, 2.05) is 29.7 Å². The Balaban J connectivity index is 1.35. The summed E-state index contributed by atoms with van der Waals surface area (Å²) in [6.07, 6.45) is 3.74. The summed E-state index contributed by atoms with van der Waals surface area (Å²) in [5, 5.41) is 3.32. The molecule has 1 N–H and O–H groups in total. The third-order valence-electron chi connectivity index (χ3n) is 5.47. The van der Waals surface area contributed by atoms with Crippen LogP contribution in [-0.2, 0) is 20.8 Å². The highest BCUT2D eigenvalue weighted by Gasteiger charge is 2.38. The number of rotatable bonds is 6. The predicted molar refractivity (Wildman–Crippen MR) is 110 cm³/mol. The molecule has 10 heteroatoms. The van der Waals surface area contributed by atoms with Gasteiger partial charge in [-0.25, -0.2) is 15.0 Å². The van der Waals surface area contributed by atoms with Gasteiger partial charge in [0.05, 0.1) is 12.4 Å². The maximum absolute atomic E-state index is 11.4. The fraction of sp³-hybridized carbons (Fsp3) is 0.429. The molecule has 0 aliphatic carbocycles. The van der Waals surface area contributed by atoms with Crippen LogP contribution in [0.25, 0.3) is 11.2 Å². The average molecular weight is 425 g/mol. The van der Waals surface area contributed by atoms with Crippen molar-refractivity contribution in [2.45, 2.75) is 51.7 Å². The van der Waals surface area contributed by atoms with Gasteiger partial charge < -0.3 is 24.3 Å². The van der Waals surface area contributed by atoms with Crippen molar-refractivity contribution in [2.75, 3.05) is 12.1 Å². The van der Waals surface area contributed by atoms with Crippen LogP contribution < -0.4 is 14.8 Å². The van der Waals surface area contributed by atoms with Gasteiger partial charge in [-0.15, -0.1) is 0 Å². The van der Waals surface area contributed by atoms with E-state index >= 15 is 0 Å². The molecule has 1 aromatic carbocycles. The first-order valence-corrected chi connectivity index (χ1v) is 10.2. The first kappa shape index (κ1) is 19.6. The SMILES string of the molecule is CC[C@H]1O[C@@H](n2cnc3c(NCc4ccc5c(c4)OCO5)ncnc32)C[C@H]1OC(C)=O. The molecule has 0 spiro atoms. The molecule has 162 valence electrons. The van der Waals surface area contributed by atoms with Gasteiger partial charge in [0.25, 0.3) is 0 Å². The quantitative estimate of drug-likeness (QED) is 0.596. The van der Waals surface area contributed by atoms with Gasteiger partial charge in [0.15, 0.2) is 28.5 Å². The van der Waals surface area contributed by atoms with Crippen LogP contribution in [0.4, 0.5) is 5.82 Å². The summed E-state index contributed by atoms with van der Waals surface area (Å²) in [4.78, 5) is 24.7. The van der Waals surface area contributed by atoms with E-state index in [0.29, 0.717) is 29.9 Å². The van der Waals surface area contributed by atoms with E-state index in [1.54, 1.807) is 6.33 Å². The third-order valence-corrected chi connectivity index (χ3v) is 5.47. The van der Waals surface area contributed by atoms with Gasteiger partial charge in [0, 0.05) is 19.9 Å². The van der Waals surface area contributed by atoms with E-state index in [0.717, 1.165) is 23.5 Å². The van der Waals surface area contributed by atoms with Crippen LogP contribution in [0.15, 0.2) is 30.9 Å². The second kappa shape index (κ2) is 8.03. The molecule has 2 aromatic heterocycles. The number of aromatic nitrogens is 4. The zero-order valence-electron chi connectivity index (χ0n) is 17.3. The lowest BCUT2D eigenvalue weighted by Gasteiger charge is -2.15. The van der Waals surface area contributed by atoms with Crippen LogP contribution in [0, 0.1) is 0 Å². The number of hydrogen-bond acceptors (Lipinski definition) is 9. The summed E-state index contributed by atoms with van der Waals surface area (Å²) in [7, 11) is 0. The number of fused-ring (bicyclic) bond motifs is 2. The summed E-state index contributed by atoms with van der Waals surface area (Å²) >= 11 is 0. The smallest absolute Gasteiger partial charge is 0.302 e. The Kier molecular flexibility index (Phi) is 5.06. The van der Waals surface area contributed by atoms with Gasteiger partial charge in [0.1, 0.15) is 18.7 Å². The highest BCUT2D eigenvalue weighted by Crippen LogP contribution is 2.35. The number of hydrogen-bond donors (Lipinski definition) is 1. The predicted octanol–water partition coefficient (Wildman–Crippen LogP) is 2.80. The number of benzene rings is 1. The molecular formula is C21H23N5O5. The van der Waals surface area contributed by atoms with Crippen LogP contribution in [0.2, 0.25) is 0 Å². The Morgan fingerprint density at radius 1 is 1.26 bits per heavy atom. The number of nitrogens with zero attached hydrogens (tertiary/aromatic N) is 4. The summed E-state index contributed by atoms with van der Waals surface area (Å²) in [6.45, 7) is 4.21. The van der Waals surface area contributed by atoms with Crippen molar-refractivity contribution in [2.24, 2.45) is 0 Å². The number of carbonyl (C=O) groups excluding carboxylic acids is 1. The number of nitrogens with one attached hydrogen (secondary N) is 1. The average Bonchev–Trinajstić information content (AvgIpc) is 3.49. The van der Waals surface area contributed by atoms with E-state index in [2.05, 4.69) is 20.3 Å². The molecule has 2 aliphatic rings. The van der Waals surface area contributed by atoms with Gasteiger partial charge in [-0.05, 0) is 24.1 Å². The lowest BCUT2D eigenvalue weighted by Crippen LogP contribution is -2.25. The highest BCUT2D eigenvalue weighted by atomic mass is 16.7. The Morgan fingerprint density at radius 2 is 2.13 bits per heavy atom. The molecule has 1 saturated heterocycles. The molecule has 2 aliphatic heterocycles. The number of esters is 1. The summed E-state index contributed by atoms with van der Waals surface area (Å²) in [6, 6.07) is 5.81. The molecule has 0 saturated carbocycles. The van der Waals surface area contributed by atoms with Crippen molar-refractivity contribution in [3.05, 3.63) is 36.4 Å². The van der Waals surface area contributed by atoms with Gasteiger partial charge in [-0.2, -0.15) is 0 Å². The van der Waals surface area contributed by atoms with E-state index in [1.165, 1.54) is 13.3 Å². The molecule has 0 amide bonds. The van der Waals surface area contributed by atoms with Crippen LogP contribution in [0.3, 0.4) is 0 Å². The molecule has 3 aromatic rings. The van der Waals surface area contributed by atoms with Crippen molar-refractivity contribution in [1.29, 1.82) is 0 Å². The van der Waals surface area contributed by atoms with Crippen molar-refractivity contribution < 1.29 is 23.7 Å². The van der Waals surface area contributed by atoms with Gasteiger partial charge in [-0.3, -0.25) is 9.36 Å². The highest BCUT2D eigenvalue weighted by molar-refractivity contribution is 5.82. The minimum absolute atomic E-state index is 0.156. The first-order chi connectivity index (χ1) is 15.1. The number of anilines is 1. The van der Waals surface area contributed by atoms with E-state index < -0.39 is 0 Å². The van der Waals surface area contributed by atoms with Gasteiger partial charge >= 0.3 is 5.97 Å². The summed E-state index contributed by atoms with van der Waals surface area (Å²) in [5.41, 5.74) is 2.34. The Hall–Kier alpha value is -3.40. The molecule has 0 unspecified atom stereocenters. The minimum atomic E-state index is -0.309. The monoisotopic (exact) mass is 425 g/mol. The Labute approximate surface area is 178 Å². The Morgan fingerprint density at radius 3 is 2.97 bits per heavy atom. The Bertz CT molecular complexity index is 1120.